The van der Waals surface area contributed by atoms with Crippen molar-refractivity contribution in [3.05, 3.63) is 0 Å². The molecule has 2 aliphatic rings. The van der Waals surface area contributed by atoms with Crippen LogP contribution in [0.3, 0.4) is 0 Å². The third kappa shape index (κ3) is 3.94. The van der Waals surface area contributed by atoms with Crippen molar-refractivity contribution in [2.75, 3.05) is 13.2 Å². The van der Waals surface area contributed by atoms with E-state index in [1.807, 2.05) is 20.8 Å². The third-order valence-electron chi connectivity index (χ3n) is 3.07. The van der Waals surface area contributed by atoms with Crippen LogP contribution in [0, 0.1) is 0 Å². The Bertz CT molecular complexity index is 279. The fraction of sp³-hybridized carbons (Fsp3) is 0.917. The highest BCUT2D eigenvalue weighted by Gasteiger charge is 2.31. The van der Waals surface area contributed by atoms with Gasteiger partial charge in [0.2, 0.25) is 5.91 Å². The third-order valence-corrected chi connectivity index (χ3v) is 3.07. The summed E-state index contributed by atoms with van der Waals surface area (Å²) in [5, 5.41) is 6.20. The topological polar surface area (TPSA) is 59.6 Å². The average molecular weight is 242 g/mol. The molecule has 1 aliphatic carbocycles. The van der Waals surface area contributed by atoms with Crippen LogP contribution in [0.25, 0.3) is 0 Å². The second-order valence-electron chi connectivity index (χ2n) is 5.39. The van der Waals surface area contributed by atoms with Crippen molar-refractivity contribution in [1.82, 2.24) is 10.6 Å². The maximum Gasteiger partial charge on any atom is 0.237 e. The largest absolute Gasteiger partial charge is 0.352 e. The molecular formula is C12H22N2O3. The Labute approximate surface area is 102 Å². The smallest absolute Gasteiger partial charge is 0.237 e. The van der Waals surface area contributed by atoms with Gasteiger partial charge in [-0.2, -0.15) is 0 Å². The summed E-state index contributed by atoms with van der Waals surface area (Å²) in [5.41, 5.74) is 0. The van der Waals surface area contributed by atoms with Crippen molar-refractivity contribution in [2.24, 2.45) is 0 Å². The Morgan fingerprint density at radius 2 is 1.82 bits per heavy atom. The second kappa shape index (κ2) is 4.92. The Balaban J connectivity index is 1.71. The molecule has 0 aromatic carbocycles. The van der Waals surface area contributed by atoms with E-state index < -0.39 is 5.79 Å². The standard InChI is InChI=1S/C12H22N2O3/c1-8(11(15)14-9-4-5-9)13-10-6-16-12(2,3)17-7-10/h8-10,13H,4-7H2,1-3H3,(H,14,15). The minimum absolute atomic E-state index is 0.0670. The summed E-state index contributed by atoms with van der Waals surface area (Å²) in [6.07, 6.45) is 2.23. The van der Waals surface area contributed by atoms with Gasteiger partial charge in [-0.3, -0.25) is 10.1 Å². The molecule has 1 amide bonds. The molecule has 98 valence electrons. The molecule has 1 heterocycles. The Morgan fingerprint density at radius 1 is 1.24 bits per heavy atom. The number of nitrogens with one attached hydrogen (secondary N) is 2. The van der Waals surface area contributed by atoms with Crippen molar-refractivity contribution in [1.29, 1.82) is 0 Å². The molecule has 2 N–H and O–H groups in total. The van der Waals surface area contributed by atoms with E-state index >= 15 is 0 Å². The molecule has 0 aromatic heterocycles. The molecule has 2 fully saturated rings. The van der Waals surface area contributed by atoms with Gasteiger partial charge in [-0.05, 0) is 33.6 Å². The molecule has 1 aliphatic heterocycles. The van der Waals surface area contributed by atoms with Gasteiger partial charge in [0.1, 0.15) is 0 Å². The molecule has 1 unspecified atom stereocenters. The highest BCUT2D eigenvalue weighted by atomic mass is 16.7. The fourth-order valence-corrected chi connectivity index (χ4v) is 1.77. The molecule has 5 heteroatoms. The minimum atomic E-state index is -0.502. The van der Waals surface area contributed by atoms with Gasteiger partial charge < -0.3 is 14.8 Å². The SMILES string of the molecule is CC(NC1COC(C)(C)OC1)C(=O)NC1CC1. The first kappa shape index (κ1) is 12.8. The number of hydrogen-bond acceptors (Lipinski definition) is 4. The fourth-order valence-electron chi connectivity index (χ4n) is 1.77. The number of ether oxygens (including phenoxy) is 2. The van der Waals surface area contributed by atoms with Crippen LogP contribution < -0.4 is 10.6 Å². The lowest BCUT2D eigenvalue weighted by Gasteiger charge is -2.36. The lowest BCUT2D eigenvalue weighted by molar-refractivity contribution is -0.253. The number of carbonyl (C=O) groups excluding carboxylic acids is 1. The van der Waals surface area contributed by atoms with Crippen LogP contribution in [0.4, 0.5) is 0 Å². The lowest BCUT2D eigenvalue weighted by atomic mass is 10.2. The van der Waals surface area contributed by atoms with Crippen LogP contribution in [0.5, 0.6) is 0 Å². The predicted molar refractivity (Wildman–Crippen MR) is 63.5 cm³/mol. The van der Waals surface area contributed by atoms with Crippen molar-refractivity contribution in [3.63, 3.8) is 0 Å². The van der Waals surface area contributed by atoms with Gasteiger partial charge in [0.05, 0.1) is 25.3 Å². The zero-order valence-corrected chi connectivity index (χ0v) is 10.8. The highest BCUT2D eigenvalue weighted by Crippen LogP contribution is 2.19. The summed E-state index contributed by atoms with van der Waals surface area (Å²) in [7, 11) is 0. The summed E-state index contributed by atoms with van der Waals surface area (Å²) in [5.74, 6) is -0.435. The van der Waals surface area contributed by atoms with Crippen molar-refractivity contribution in [2.45, 2.75) is 57.5 Å². The quantitative estimate of drug-likeness (QED) is 0.749. The van der Waals surface area contributed by atoms with E-state index in [1.165, 1.54) is 0 Å². The number of rotatable bonds is 4. The summed E-state index contributed by atoms with van der Waals surface area (Å²) in [6.45, 7) is 6.82. The molecule has 0 aromatic rings. The van der Waals surface area contributed by atoms with Crippen molar-refractivity contribution < 1.29 is 14.3 Å². The van der Waals surface area contributed by atoms with Gasteiger partial charge in [0.15, 0.2) is 5.79 Å². The summed E-state index contributed by atoms with van der Waals surface area (Å²) < 4.78 is 11.1. The molecule has 2 rings (SSSR count). The van der Waals surface area contributed by atoms with Gasteiger partial charge in [-0.1, -0.05) is 0 Å². The molecule has 1 saturated carbocycles. The maximum atomic E-state index is 11.7. The molecule has 1 saturated heterocycles. The van der Waals surface area contributed by atoms with E-state index in [0.29, 0.717) is 19.3 Å². The summed E-state index contributed by atoms with van der Waals surface area (Å²) in [4.78, 5) is 11.7. The first-order valence-corrected chi connectivity index (χ1v) is 6.30. The van der Waals surface area contributed by atoms with Crippen LogP contribution in [0.2, 0.25) is 0 Å². The van der Waals surface area contributed by atoms with Gasteiger partial charge in [-0.15, -0.1) is 0 Å². The normalized spacial score (nSPS) is 26.5. The monoisotopic (exact) mass is 242 g/mol. The van der Waals surface area contributed by atoms with Gasteiger partial charge in [0, 0.05) is 6.04 Å². The Kier molecular flexibility index (Phi) is 3.70. The molecule has 5 nitrogen and oxygen atoms in total. The van der Waals surface area contributed by atoms with E-state index in [2.05, 4.69) is 10.6 Å². The maximum absolute atomic E-state index is 11.7. The summed E-state index contributed by atoms with van der Waals surface area (Å²) >= 11 is 0. The minimum Gasteiger partial charge on any atom is -0.352 e. The van der Waals surface area contributed by atoms with Crippen molar-refractivity contribution >= 4 is 5.91 Å². The average Bonchev–Trinajstić information content (AvgIpc) is 3.05. The van der Waals surface area contributed by atoms with Gasteiger partial charge in [0.25, 0.3) is 0 Å². The van der Waals surface area contributed by atoms with Crippen LogP contribution in [0.15, 0.2) is 0 Å². The predicted octanol–water partition coefficient (Wildman–Crippen LogP) is 0.395. The molecule has 0 spiro atoms. The second-order valence-corrected chi connectivity index (χ2v) is 5.39. The van der Waals surface area contributed by atoms with E-state index in [4.69, 9.17) is 9.47 Å². The Morgan fingerprint density at radius 3 is 2.35 bits per heavy atom. The zero-order chi connectivity index (χ0) is 12.5. The number of hydrogen-bond donors (Lipinski definition) is 2. The molecule has 17 heavy (non-hydrogen) atoms. The van der Waals surface area contributed by atoms with Crippen molar-refractivity contribution in [3.8, 4) is 0 Å². The first-order chi connectivity index (χ1) is 7.96. The Hall–Kier alpha value is -0.650. The van der Waals surface area contributed by atoms with Crippen LogP contribution in [-0.2, 0) is 14.3 Å². The van der Waals surface area contributed by atoms with Gasteiger partial charge >= 0.3 is 0 Å². The van der Waals surface area contributed by atoms with E-state index in [9.17, 15) is 4.79 Å². The number of amides is 1. The van der Waals surface area contributed by atoms with Gasteiger partial charge in [-0.25, -0.2) is 0 Å². The molecule has 0 radical (unpaired) electrons. The van der Waals surface area contributed by atoms with Crippen LogP contribution in [0.1, 0.15) is 33.6 Å². The first-order valence-electron chi connectivity index (χ1n) is 6.30. The molecular weight excluding hydrogens is 220 g/mol. The molecule has 0 bridgehead atoms. The number of carbonyl (C=O) groups is 1. The summed E-state index contributed by atoms with van der Waals surface area (Å²) in [6, 6.07) is 0.293. The highest BCUT2D eigenvalue weighted by molar-refractivity contribution is 5.81. The van der Waals surface area contributed by atoms with E-state index in [1.54, 1.807) is 0 Å². The van der Waals surface area contributed by atoms with E-state index in [-0.39, 0.29) is 18.0 Å². The molecule has 1 atom stereocenters. The van der Waals surface area contributed by atoms with Crippen LogP contribution >= 0.6 is 0 Å². The van der Waals surface area contributed by atoms with Crippen LogP contribution in [-0.4, -0.2) is 43.0 Å². The van der Waals surface area contributed by atoms with E-state index in [0.717, 1.165) is 12.8 Å². The lowest BCUT2D eigenvalue weighted by Crippen LogP contribution is -2.54. The zero-order valence-electron chi connectivity index (χ0n) is 10.8.